The highest BCUT2D eigenvalue weighted by Gasteiger charge is 2.12. The summed E-state index contributed by atoms with van der Waals surface area (Å²) in [6.07, 6.45) is 3.08. The molecule has 100 valence electrons. The minimum absolute atomic E-state index is 0.0245. The molecule has 0 atom stereocenters. The maximum Gasteiger partial charge on any atom is 0.337 e. The molecule has 0 fully saturated rings. The maximum atomic E-state index is 11.0. The number of aromatic carboxylic acids is 1. The van der Waals surface area contributed by atoms with E-state index < -0.39 is 5.97 Å². The number of carboxylic acids is 1. The van der Waals surface area contributed by atoms with E-state index in [4.69, 9.17) is 25.9 Å². The molecule has 0 spiro atoms. The summed E-state index contributed by atoms with van der Waals surface area (Å²) in [6.45, 7) is 0. The monoisotopic (exact) mass is 289 g/mol. The van der Waals surface area contributed by atoms with Crippen LogP contribution in [0, 0.1) is 0 Å². The van der Waals surface area contributed by atoms with E-state index in [-0.39, 0.29) is 10.6 Å². The van der Waals surface area contributed by atoms with Crippen LogP contribution in [-0.4, -0.2) is 16.1 Å². The van der Waals surface area contributed by atoms with Crippen molar-refractivity contribution in [1.29, 1.82) is 0 Å². The standard InChI is InChI=1S/C14H8ClNO4/c15-11-2-1-8(7-10(11)14(17)18)20-13-9-4-6-19-12(9)3-5-16-13/h1-7H,(H,17,18). The van der Waals surface area contributed by atoms with Gasteiger partial charge in [-0.1, -0.05) is 11.6 Å². The lowest BCUT2D eigenvalue weighted by Gasteiger charge is -2.07. The van der Waals surface area contributed by atoms with Gasteiger partial charge >= 0.3 is 5.97 Å². The minimum Gasteiger partial charge on any atom is -0.478 e. The van der Waals surface area contributed by atoms with Crippen LogP contribution in [0.25, 0.3) is 11.0 Å². The number of pyridine rings is 1. The van der Waals surface area contributed by atoms with Crippen molar-refractivity contribution >= 4 is 28.5 Å². The van der Waals surface area contributed by atoms with Gasteiger partial charge in [-0.3, -0.25) is 0 Å². The number of hydrogen-bond donors (Lipinski definition) is 1. The highest BCUT2D eigenvalue weighted by molar-refractivity contribution is 6.33. The zero-order chi connectivity index (χ0) is 14.1. The van der Waals surface area contributed by atoms with E-state index in [2.05, 4.69) is 4.98 Å². The van der Waals surface area contributed by atoms with Crippen LogP contribution in [0.4, 0.5) is 0 Å². The molecule has 0 aliphatic rings. The Balaban J connectivity index is 2.01. The Labute approximate surface area is 118 Å². The summed E-state index contributed by atoms with van der Waals surface area (Å²) in [5.41, 5.74) is 0.617. The molecule has 3 rings (SSSR count). The first-order valence-electron chi connectivity index (χ1n) is 5.68. The molecule has 1 N–H and O–H groups in total. The average molecular weight is 290 g/mol. The smallest absolute Gasteiger partial charge is 0.337 e. The average Bonchev–Trinajstić information content (AvgIpc) is 2.90. The summed E-state index contributed by atoms with van der Waals surface area (Å²) in [4.78, 5) is 15.1. The van der Waals surface area contributed by atoms with Crippen LogP contribution in [0.2, 0.25) is 5.02 Å². The highest BCUT2D eigenvalue weighted by atomic mass is 35.5. The first-order valence-corrected chi connectivity index (χ1v) is 6.06. The molecule has 0 saturated carbocycles. The fourth-order valence-electron chi connectivity index (χ4n) is 1.79. The van der Waals surface area contributed by atoms with E-state index >= 15 is 0 Å². The zero-order valence-electron chi connectivity index (χ0n) is 10.0. The second-order valence-electron chi connectivity index (χ2n) is 4.00. The van der Waals surface area contributed by atoms with Crippen LogP contribution in [0.3, 0.4) is 0 Å². The van der Waals surface area contributed by atoms with Crippen molar-refractivity contribution < 1.29 is 19.1 Å². The van der Waals surface area contributed by atoms with Gasteiger partial charge in [0.25, 0.3) is 0 Å². The third-order valence-corrected chi connectivity index (χ3v) is 3.06. The molecular weight excluding hydrogens is 282 g/mol. The Morgan fingerprint density at radius 3 is 2.95 bits per heavy atom. The topological polar surface area (TPSA) is 72.6 Å². The summed E-state index contributed by atoms with van der Waals surface area (Å²) in [5.74, 6) is -0.433. The maximum absolute atomic E-state index is 11.0. The van der Waals surface area contributed by atoms with Crippen molar-refractivity contribution in [2.45, 2.75) is 0 Å². The molecule has 0 unspecified atom stereocenters. The first-order chi connectivity index (χ1) is 9.65. The van der Waals surface area contributed by atoms with Gasteiger partial charge < -0.3 is 14.3 Å². The molecule has 0 aliphatic heterocycles. The molecule has 0 saturated heterocycles. The normalized spacial score (nSPS) is 10.7. The molecule has 0 aliphatic carbocycles. The Bertz CT molecular complexity index is 797. The zero-order valence-corrected chi connectivity index (χ0v) is 10.8. The van der Waals surface area contributed by atoms with E-state index in [1.807, 2.05) is 0 Å². The fourth-order valence-corrected chi connectivity index (χ4v) is 1.99. The number of carbonyl (C=O) groups is 1. The van der Waals surface area contributed by atoms with Crippen LogP contribution in [-0.2, 0) is 0 Å². The van der Waals surface area contributed by atoms with Gasteiger partial charge in [0.1, 0.15) is 11.3 Å². The SMILES string of the molecule is O=C(O)c1cc(Oc2nccc3occc23)ccc1Cl. The molecule has 0 radical (unpaired) electrons. The van der Waals surface area contributed by atoms with E-state index in [1.165, 1.54) is 18.4 Å². The number of furan rings is 1. The van der Waals surface area contributed by atoms with Crippen LogP contribution in [0.1, 0.15) is 10.4 Å². The summed E-state index contributed by atoms with van der Waals surface area (Å²) in [6, 6.07) is 7.84. The number of carboxylic acid groups (broad SMARTS) is 1. The summed E-state index contributed by atoms with van der Waals surface area (Å²) < 4.78 is 10.8. The van der Waals surface area contributed by atoms with E-state index in [0.717, 1.165) is 0 Å². The van der Waals surface area contributed by atoms with Gasteiger partial charge in [-0.15, -0.1) is 0 Å². The molecule has 20 heavy (non-hydrogen) atoms. The van der Waals surface area contributed by atoms with Gasteiger partial charge in [0.05, 0.1) is 22.2 Å². The predicted octanol–water partition coefficient (Wildman–Crippen LogP) is 3.97. The van der Waals surface area contributed by atoms with E-state index in [0.29, 0.717) is 22.6 Å². The second kappa shape index (κ2) is 4.86. The summed E-state index contributed by atoms with van der Waals surface area (Å²) in [5, 5.41) is 9.88. The van der Waals surface area contributed by atoms with Crippen LogP contribution in [0.15, 0.2) is 47.2 Å². The molecule has 3 aromatic rings. The lowest BCUT2D eigenvalue weighted by Crippen LogP contribution is -1.98. The number of ether oxygens (including phenoxy) is 1. The van der Waals surface area contributed by atoms with Gasteiger partial charge in [0.15, 0.2) is 0 Å². The van der Waals surface area contributed by atoms with Gasteiger partial charge in [-0.25, -0.2) is 9.78 Å². The molecule has 0 bridgehead atoms. The summed E-state index contributed by atoms with van der Waals surface area (Å²) in [7, 11) is 0. The molecule has 2 heterocycles. The Morgan fingerprint density at radius 2 is 2.15 bits per heavy atom. The third-order valence-electron chi connectivity index (χ3n) is 2.73. The van der Waals surface area contributed by atoms with Gasteiger partial charge in [0, 0.05) is 6.20 Å². The predicted molar refractivity (Wildman–Crippen MR) is 72.5 cm³/mol. The number of hydrogen-bond acceptors (Lipinski definition) is 4. The number of aromatic nitrogens is 1. The first kappa shape index (κ1) is 12.5. The Morgan fingerprint density at radius 1 is 1.30 bits per heavy atom. The lowest BCUT2D eigenvalue weighted by atomic mass is 10.2. The molecule has 6 heteroatoms. The van der Waals surface area contributed by atoms with Crippen molar-refractivity contribution in [3.05, 3.63) is 53.4 Å². The van der Waals surface area contributed by atoms with Gasteiger partial charge in [-0.05, 0) is 30.3 Å². The lowest BCUT2D eigenvalue weighted by molar-refractivity contribution is 0.0696. The molecule has 0 amide bonds. The second-order valence-corrected chi connectivity index (χ2v) is 4.40. The molecule has 2 aromatic heterocycles. The van der Waals surface area contributed by atoms with Crippen molar-refractivity contribution in [2.24, 2.45) is 0 Å². The van der Waals surface area contributed by atoms with Crippen LogP contribution < -0.4 is 4.74 Å². The van der Waals surface area contributed by atoms with Crippen LogP contribution >= 0.6 is 11.6 Å². The Hall–Kier alpha value is -2.53. The number of benzene rings is 1. The van der Waals surface area contributed by atoms with Crippen molar-refractivity contribution in [2.75, 3.05) is 0 Å². The Kier molecular flexibility index (Phi) is 3.04. The van der Waals surface area contributed by atoms with Crippen molar-refractivity contribution in [3.63, 3.8) is 0 Å². The largest absolute Gasteiger partial charge is 0.478 e. The quantitative estimate of drug-likeness (QED) is 0.789. The molecule has 1 aromatic carbocycles. The van der Waals surface area contributed by atoms with Crippen molar-refractivity contribution in [3.8, 4) is 11.6 Å². The van der Waals surface area contributed by atoms with Gasteiger partial charge in [0.2, 0.25) is 5.88 Å². The minimum atomic E-state index is -1.12. The third kappa shape index (κ3) is 2.19. The van der Waals surface area contributed by atoms with Crippen LogP contribution in [0.5, 0.6) is 11.6 Å². The van der Waals surface area contributed by atoms with E-state index in [9.17, 15) is 4.79 Å². The summed E-state index contributed by atoms with van der Waals surface area (Å²) >= 11 is 5.80. The number of halogens is 1. The number of rotatable bonds is 3. The molecule has 5 nitrogen and oxygen atoms in total. The highest BCUT2D eigenvalue weighted by Crippen LogP contribution is 2.30. The van der Waals surface area contributed by atoms with Gasteiger partial charge in [-0.2, -0.15) is 0 Å². The van der Waals surface area contributed by atoms with E-state index in [1.54, 1.807) is 24.4 Å². The molecular formula is C14H8ClNO4. The number of nitrogens with zero attached hydrogens (tertiary/aromatic N) is 1. The fraction of sp³-hybridized carbons (Fsp3) is 0. The number of fused-ring (bicyclic) bond motifs is 1. The van der Waals surface area contributed by atoms with Crippen molar-refractivity contribution in [1.82, 2.24) is 4.98 Å².